The molecule has 1 N–H and O–H groups in total. The zero-order valence-corrected chi connectivity index (χ0v) is 26.1. The first-order valence-electron chi connectivity index (χ1n) is 15.9. The molecule has 4 aromatic carbocycles. The Morgan fingerprint density at radius 1 is 0.800 bits per heavy atom. The number of nitrogens with one attached hydrogen (secondary N) is 1. The van der Waals surface area contributed by atoms with Crippen molar-refractivity contribution in [2.24, 2.45) is 4.99 Å². The second-order valence-electron chi connectivity index (χ2n) is 13.1. The van der Waals surface area contributed by atoms with Crippen molar-refractivity contribution in [1.29, 1.82) is 0 Å². The highest BCUT2D eigenvalue weighted by atomic mass is 32.1. The number of benzene rings is 4. The Labute approximate surface area is 266 Å². The third kappa shape index (κ3) is 3.38. The van der Waals surface area contributed by atoms with Crippen LogP contribution in [0, 0.1) is 0 Å². The van der Waals surface area contributed by atoms with Crippen LogP contribution in [0.2, 0.25) is 0 Å². The van der Waals surface area contributed by atoms with Gasteiger partial charge in [0, 0.05) is 42.9 Å². The Morgan fingerprint density at radius 3 is 2.49 bits per heavy atom. The first-order valence-corrected chi connectivity index (χ1v) is 16.7. The lowest BCUT2D eigenvalue weighted by Gasteiger charge is -2.33. The van der Waals surface area contributed by atoms with E-state index in [1.54, 1.807) is 11.1 Å². The van der Waals surface area contributed by atoms with Gasteiger partial charge in [-0.25, -0.2) is 4.99 Å². The Bertz CT molecular complexity index is 2330. The summed E-state index contributed by atoms with van der Waals surface area (Å²) in [6.07, 6.45) is 6.50. The number of para-hydroxylation sites is 1. The van der Waals surface area contributed by atoms with Crippen LogP contribution >= 0.6 is 11.3 Å². The molecule has 2 aromatic heterocycles. The number of hydrogen-bond acceptors (Lipinski definition) is 3. The van der Waals surface area contributed by atoms with Gasteiger partial charge in [-0.15, -0.1) is 11.3 Å². The quantitative estimate of drug-likeness (QED) is 0.201. The van der Waals surface area contributed by atoms with E-state index in [0.717, 1.165) is 30.1 Å². The smallest absolute Gasteiger partial charge is 0.209 e. The summed E-state index contributed by atoms with van der Waals surface area (Å²) in [5.74, 6) is 0.906. The van der Waals surface area contributed by atoms with E-state index in [1.807, 2.05) is 11.3 Å². The minimum absolute atomic E-state index is 0.00849. The second kappa shape index (κ2) is 9.06. The predicted molar refractivity (Wildman–Crippen MR) is 188 cm³/mol. The minimum Gasteiger partial charge on any atom is -0.344 e. The summed E-state index contributed by atoms with van der Waals surface area (Å²) < 4.78 is 2.44. The molecule has 3 heterocycles. The summed E-state index contributed by atoms with van der Waals surface area (Å²) in [6, 6.07) is 37.4. The third-order valence-electron chi connectivity index (χ3n) is 10.4. The average Bonchev–Trinajstić information content (AvgIpc) is 3.71. The molecule has 216 valence electrons. The van der Waals surface area contributed by atoms with Crippen LogP contribution in [0.3, 0.4) is 0 Å². The molecule has 0 fully saturated rings. The van der Waals surface area contributed by atoms with Gasteiger partial charge >= 0.3 is 0 Å². The molecule has 1 aliphatic heterocycles. The van der Waals surface area contributed by atoms with Crippen molar-refractivity contribution in [1.82, 2.24) is 9.88 Å². The van der Waals surface area contributed by atoms with E-state index in [4.69, 9.17) is 4.99 Å². The number of fused-ring (bicyclic) bond motifs is 12. The number of rotatable bonds is 1. The number of thiophene rings is 1. The Kier molecular flexibility index (Phi) is 5.11. The summed E-state index contributed by atoms with van der Waals surface area (Å²) >= 11 is 2.00. The zero-order chi connectivity index (χ0) is 29.9. The van der Waals surface area contributed by atoms with E-state index in [2.05, 4.69) is 139 Å². The third-order valence-corrected chi connectivity index (χ3v) is 11.7. The van der Waals surface area contributed by atoms with Gasteiger partial charge < -0.3 is 5.32 Å². The van der Waals surface area contributed by atoms with E-state index < -0.39 is 0 Å². The fourth-order valence-corrected chi connectivity index (χ4v) is 10.0. The first kappa shape index (κ1) is 25.4. The summed E-state index contributed by atoms with van der Waals surface area (Å²) in [4.78, 5) is 8.38. The number of hydrogen-bond donors (Lipinski definition) is 1. The van der Waals surface area contributed by atoms with Crippen LogP contribution in [0.4, 0.5) is 0 Å². The molecule has 3 aliphatic carbocycles. The van der Waals surface area contributed by atoms with E-state index in [9.17, 15) is 0 Å². The molecular weight excluding hydrogens is 567 g/mol. The maximum atomic E-state index is 5.47. The molecule has 3 nitrogen and oxygen atoms in total. The highest BCUT2D eigenvalue weighted by molar-refractivity contribution is 7.19. The molecule has 0 saturated heterocycles. The molecule has 45 heavy (non-hydrogen) atoms. The number of aliphatic imine (C=N–C) groups is 1. The summed E-state index contributed by atoms with van der Waals surface area (Å²) in [5.41, 5.74) is 15.9. The zero-order valence-electron chi connectivity index (χ0n) is 25.3. The van der Waals surface area contributed by atoms with Crippen LogP contribution in [-0.2, 0) is 18.3 Å². The number of aromatic nitrogens is 1. The Hall–Kier alpha value is -4.93. The van der Waals surface area contributed by atoms with Crippen LogP contribution in [0.5, 0.6) is 0 Å². The fourth-order valence-electron chi connectivity index (χ4n) is 8.40. The highest BCUT2D eigenvalue weighted by Crippen LogP contribution is 2.59. The normalized spacial score (nSPS) is 18.4. The molecule has 6 aromatic rings. The van der Waals surface area contributed by atoms with E-state index in [0.29, 0.717) is 0 Å². The molecule has 4 heteroatoms. The van der Waals surface area contributed by atoms with Gasteiger partial charge in [0.1, 0.15) is 0 Å². The SMILES string of the molecule is CC1(C)c2ccccc2-c2sc3c(c21)CCc1c-3c2ccccc2n1C1=NC(c2ccccc2)=C2C=Cc3ccccc3C2N1. The van der Waals surface area contributed by atoms with Crippen molar-refractivity contribution in [2.75, 3.05) is 0 Å². The van der Waals surface area contributed by atoms with Crippen LogP contribution < -0.4 is 5.32 Å². The summed E-state index contributed by atoms with van der Waals surface area (Å²) in [6.45, 7) is 4.82. The lowest BCUT2D eigenvalue weighted by molar-refractivity contribution is 0.650. The van der Waals surface area contributed by atoms with Crippen molar-refractivity contribution in [2.45, 2.75) is 38.1 Å². The maximum absolute atomic E-state index is 5.47. The van der Waals surface area contributed by atoms with Crippen molar-refractivity contribution in [3.63, 3.8) is 0 Å². The van der Waals surface area contributed by atoms with Gasteiger partial charge in [0.25, 0.3) is 0 Å². The van der Waals surface area contributed by atoms with Gasteiger partial charge in [-0.3, -0.25) is 4.57 Å². The Balaban J connectivity index is 1.22. The van der Waals surface area contributed by atoms with Gasteiger partial charge in [0.2, 0.25) is 5.96 Å². The maximum Gasteiger partial charge on any atom is 0.209 e. The largest absolute Gasteiger partial charge is 0.344 e. The molecule has 0 spiro atoms. The van der Waals surface area contributed by atoms with Crippen LogP contribution in [0.15, 0.2) is 120 Å². The van der Waals surface area contributed by atoms with Gasteiger partial charge in [-0.05, 0) is 52.3 Å². The van der Waals surface area contributed by atoms with Crippen LogP contribution in [0.25, 0.3) is 43.6 Å². The highest BCUT2D eigenvalue weighted by Gasteiger charge is 2.42. The van der Waals surface area contributed by atoms with Gasteiger partial charge in [0.15, 0.2) is 0 Å². The molecule has 4 aliphatic rings. The molecule has 1 unspecified atom stereocenters. The monoisotopic (exact) mass is 597 g/mol. The van der Waals surface area contributed by atoms with E-state index >= 15 is 0 Å². The topological polar surface area (TPSA) is 29.3 Å². The molecule has 0 amide bonds. The molecule has 10 rings (SSSR count). The van der Waals surface area contributed by atoms with Gasteiger partial charge in [-0.2, -0.15) is 0 Å². The lowest BCUT2D eigenvalue weighted by Crippen LogP contribution is -2.39. The fraction of sp³-hybridized carbons (Fsp3) is 0.146. The molecule has 0 bridgehead atoms. The summed E-state index contributed by atoms with van der Waals surface area (Å²) in [5, 5.41) is 5.26. The standard InChI is InChI=1S/C41H31N3S/c1-41(2)31-18-10-8-16-27(31)39-35(41)29-22-23-33-34(38(29)45-39)28-17-9-11-19-32(28)44(33)40-42-36(25-13-4-3-5-14-25)30-21-20-24-12-6-7-15-26(24)37(30)43-40/h3-21,37H,22-23H2,1-2H3,(H,42,43). The van der Waals surface area contributed by atoms with Crippen molar-refractivity contribution in [3.05, 3.63) is 154 Å². The van der Waals surface area contributed by atoms with Gasteiger partial charge in [-0.1, -0.05) is 123 Å². The molecule has 1 atom stereocenters. The minimum atomic E-state index is 0.00849. The first-order chi connectivity index (χ1) is 22.1. The predicted octanol–water partition coefficient (Wildman–Crippen LogP) is 9.76. The molecule has 0 radical (unpaired) electrons. The molecule has 0 saturated carbocycles. The van der Waals surface area contributed by atoms with Crippen LogP contribution in [-0.4, -0.2) is 10.5 Å². The van der Waals surface area contributed by atoms with Crippen molar-refractivity contribution in [3.8, 4) is 20.9 Å². The Morgan fingerprint density at radius 2 is 1.58 bits per heavy atom. The van der Waals surface area contributed by atoms with Gasteiger partial charge in [0.05, 0.1) is 17.3 Å². The lowest BCUT2D eigenvalue weighted by atomic mass is 9.78. The second-order valence-corrected chi connectivity index (χ2v) is 14.1. The van der Waals surface area contributed by atoms with E-state index in [1.165, 1.54) is 59.7 Å². The summed E-state index contributed by atoms with van der Waals surface area (Å²) in [7, 11) is 0. The number of nitrogens with zero attached hydrogens (tertiary/aromatic N) is 2. The average molecular weight is 598 g/mol. The van der Waals surface area contributed by atoms with E-state index in [-0.39, 0.29) is 11.5 Å². The van der Waals surface area contributed by atoms with Crippen molar-refractivity contribution < 1.29 is 0 Å². The molecular formula is C41H31N3S. The van der Waals surface area contributed by atoms with Crippen LogP contribution in [0.1, 0.15) is 59.0 Å². The van der Waals surface area contributed by atoms with Crippen molar-refractivity contribution >= 4 is 40.0 Å².